The molecule has 74 valence electrons. The number of nitrogens with zero attached hydrogens (tertiary/aromatic N) is 1. The van der Waals surface area contributed by atoms with E-state index in [1.165, 1.54) is 51.6 Å². The van der Waals surface area contributed by atoms with Crippen molar-refractivity contribution < 1.29 is 0 Å². The van der Waals surface area contributed by atoms with E-state index < -0.39 is 0 Å². The smallest absolute Gasteiger partial charge is 0.0226 e. The van der Waals surface area contributed by atoms with Crippen LogP contribution in [0.5, 0.6) is 0 Å². The maximum absolute atomic E-state index is 3.54. The number of nitrogens with one attached hydrogen (secondary N) is 1. The van der Waals surface area contributed by atoms with Gasteiger partial charge in [-0.25, -0.2) is 0 Å². The predicted molar refractivity (Wildman–Crippen MR) is 53.8 cm³/mol. The molecule has 2 nitrogen and oxygen atoms in total. The summed E-state index contributed by atoms with van der Waals surface area (Å²) >= 11 is 0. The van der Waals surface area contributed by atoms with Crippen molar-refractivity contribution in [1.82, 2.24) is 10.2 Å². The summed E-state index contributed by atoms with van der Waals surface area (Å²) in [5.41, 5.74) is 0. The molecule has 3 saturated heterocycles. The number of hydrogen-bond acceptors (Lipinski definition) is 2. The third kappa shape index (κ3) is 1.31. The predicted octanol–water partition coefficient (Wildman–Crippen LogP) is 1.37. The lowest BCUT2D eigenvalue weighted by Gasteiger charge is -2.35. The Labute approximate surface area is 80.7 Å². The Bertz CT molecular complexity index is 167. The number of rotatable bonds is 1. The van der Waals surface area contributed by atoms with Crippen LogP contribution in [0.25, 0.3) is 0 Å². The van der Waals surface area contributed by atoms with Crippen molar-refractivity contribution in [1.29, 1.82) is 0 Å². The molecule has 3 fully saturated rings. The lowest BCUT2D eigenvalue weighted by molar-refractivity contribution is 0.148. The largest absolute Gasteiger partial charge is 0.315 e. The lowest BCUT2D eigenvalue weighted by atomic mass is 10.0. The molecule has 1 atom stereocenters. The average Bonchev–Trinajstić information content (AvgIpc) is 2.78. The summed E-state index contributed by atoms with van der Waals surface area (Å²) in [6.07, 6.45) is 8.78. The first-order valence-corrected chi connectivity index (χ1v) is 5.93. The van der Waals surface area contributed by atoms with E-state index >= 15 is 0 Å². The molecule has 3 aliphatic rings. The summed E-state index contributed by atoms with van der Waals surface area (Å²) in [5, 5.41) is 3.54. The molecule has 1 unspecified atom stereocenters. The fourth-order valence-corrected chi connectivity index (χ4v) is 3.64. The highest BCUT2D eigenvalue weighted by molar-refractivity contribution is 4.99. The standard InChI is InChI=1S/C11H20N2/c1-2-11(8-12-7-1)13-9-3-4-10(13)6-5-9/h9-12H,1-8H2. The molecule has 0 amide bonds. The Hall–Kier alpha value is -0.0800. The second-order valence-corrected chi connectivity index (χ2v) is 4.91. The van der Waals surface area contributed by atoms with Crippen LogP contribution < -0.4 is 5.32 Å². The van der Waals surface area contributed by atoms with Gasteiger partial charge in [-0.2, -0.15) is 0 Å². The molecule has 2 bridgehead atoms. The zero-order chi connectivity index (χ0) is 8.67. The monoisotopic (exact) mass is 180 g/mol. The van der Waals surface area contributed by atoms with E-state index in [-0.39, 0.29) is 0 Å². The molecule has 13 heavy (non-hydrogen) atoms. The molecule has 0 aromatic rings. The molecule has 0 radical (unpaired) electrons. The van der Waals surface area contributed by atoms with E-state index in [1.807, 2.05) is 0 Å². The average molecular weight is 180 g/mol. The van der Waals surface area contributed by atoms with Crippen LogP contribution in [-0.2, 0) is 0 Å². The van der Waals surface area contributed by atoms with Gasteiger partial charge >= 0.3 is 0 Å². The minimum absolute atomic E-state index is 0.883. The zero-order valence-corrected chi connectivity index (χ0v) is 8.34. The normalized spacial score (nSPS) is 45.7. The maximum Gasteiger partial charge on any atom is 0.0226 e. The van der Waals surface area contributed by atoms with Gasteiger partial charge in [0, 0.05) is 24.7 Å². The molecule has 3 rings (SSSR count). The van der Waals surface area contributed by atoms with Crippen LogP contribution in [0, 0.1) is 0 Å². The number of hydrogen-bond donors (Lipinski definition) is 1. The van der Waals surface area contributed by atoms with Crippen molar-refractivity contribution in [3.05, 3.63) is 0 Å². The third-order valence-corrected chi connectivity index (χ3v) is 4.20. The van der Waals surface area contributed by atoms with E-state index in [2.05, 4.69) is 10.2 Å². The van der Waals surface area contributed by atoms with Crippen LogP contribution in [0.2, 0.25) is 0 Å². The van der Waals surface area contributed by atoms with Crippen LogP contribution in [0.4, 0.5) is 0 Å². The van der Waals surface area contributed by atoms with E-state index in [4.69, 9.17) is 0 Å². The fourth-order valence-electron chi connectivity index (χ4n) is 3.64. The molecular formula is C11H20N2. The van der Waals surface area contributed by atoms with Gasteiger partial charge in [0.2, 0.25) is 0 Å². The van der Waals surface area contributed by atoms with Crippen LogP contribution in [0.1, 0.15) is 38.5 Å². The van der Waals surface area contributed by atoms with Crippen molar-refractivity contribution in [3.8, 4) is 0 Å². The summed E-state index contributed by atoms with van der Waals surface area (Å²) in [5.74, 6) is 0. The van der Waals surface area contributed by atoms with Gasteiger partial charge in [0.05, 0.1) is 0 Å². The van der Waals surface area contributed by atoms with Crippen molar-refractivity contribution in [3.63, 3.8) is 0 Å². The van der Waals surface area contributed by atoms with Gasteiger partial charge in [-0.05, 0) is 45.1 Å². The summed E-state index contributed by atoms with van der Waals surface area (Å²) in [6, 6.07) is 2.82. The van der Waals surface area contributed by atoms with E-state index in [0.717, 1.165) is 18.1 Å². The first kappa shape index (κ1) is 8.25. The lowest BCUT2D eigenvalue weighted by Crippen LogP contribution is -2.48. The molecule has 0 aromatic carbocycles. The van der Waals surface area contributed by atoms with Gasteiger partial charge in [-0.1, -0.05) is 0 Å². The van der Waals surface area contributed by atoms with Gasteiger partial charge in [-0.3, -0.25) is 4.90 Å². The van der Waals surface area contributed by atoms with Crippen LogP contribution in [0.3, 0.4) is 0 Å². The van der Waals surface area contributed by atoms with Crippen molar-refractivity contribution in [2.75, 3.05) is 13.1 Å². The highest BCUT2D eigenvalue weighted by Crippen LogP contribution is 2.39. The van der Waals surface area contributed by atoms with Gasteiger partial charge in [0.25, 0.3) is 0 Å². The van der Waals surface area contributed by atoms with Crippen LogP contribution >= 0.6 is 0 Å². The van der Waals surface area contributed by atoms with Crippen LogP contribution in [-0.4, -0.2) is 36.1 Å². The van der Waals surface area contributed by atoms with Gasteiger partial charge in [0.15, 0.2) is 0 Å². The molecule has 2 heteroatoms. The molecule has 0 aliphatic carbocycles. The Morgan fingerprint density at radius 1 is 0.846 bits per heavy atom. The molecule has 0 spiro atoms. The zero-order valence-electron chi connectivity index (χ0n) is 8.34. The maximum atomic E-state index is 3.54. The summed E-state index contributed by atoms with van der Waals surface area (Å²) in [4.78, 5) is 2.85. The summed E-state index contributed by atoms with van der Waals surface area (Å²) in [6.45, 7) is 2.51. The molecule has 1 N–H and O–H groups in total. The molecule has 3 heterocycles. The molecule has 0 aromatic heterocycles. The Morgan fingerprint density at radius 2 is 1.54 bits per heavy atom. The second-order valence-electron chi connectivity index (χ2n) is 4.91. The minimum Gasteiger partial charge on any atom is -0.315 e. The molecule has 3 aliphatic heterocycles. The van der Waals surface area contributed by atoms with Crippen LogP contribution in [0.15, 0.2) is 0 Å². The van der Waals surface area contributed by atoms with Gasteiger partial charge < -0.3 is 5.32 Å². The number of fused-ring (bicyclic) bond motifs is 2. The topological polar surface area (TPSA) is 15.3 Å². The highest BCUT2D eigenvalue weighted by atomic mass is 15.3. The van der Waals surface area contributed by atoms with E-state index in [0.29, 0.717) is 0 Å². The second kappa shape index (κ2) is 3.25. The van der Waals surface area contributed by atoms with Gasteiger partial charge in [0.1, 0.15) is 0 Å². The molecular weight excluding hydrogens is 160 g/mol. The first-order chi connectivity index (χ1) is 6.45. The van der Waals surface area contributed by atoms with Crippen molar-refractivity contribution >= 4 is 0 Å². The summed E-state index contributed by atoms with van der Waals surface area (Å²) < 4.78 is 0. The Balaban J connectivity index is 1.70. The number of piperidine rings is 1. The quantitative estimate of drug-likeness (QED) is 0.655. The summed E-state index contributed by atoms with van der Waals surface area (Å²) in [7, 11) is 0. The van der Waals surface area contributed by atoms with E-state index in [9.17, 15) is 0 Å². The van der Waals surface area contributed by atoms with Gasteiger partial charge in [-0.15, -0.1) is 0 Å². The third-order valence-electron chi connectivity index (χ3n) is 4.20. The SMILES string of the molecule is C1CNCC(N2C3CCC2CC3)C1. The first-order valence-electron chi connectivity index (χ1n) is 5.93. The van der Waals surface area contributed by atoms with Crippen molar-refractivity contribution in [2.24, 2.45) is 0 Å². The Morgan fingerprint density at radius 3 is 2.08 bits per heavy atom. The Kier molecular flexibility index (Phi) is 2.06. The highest BCUT2D eigenvalue weighted by Gasteiger charge is 2.42. The fraction of sp³-hybridized carbons (Fsp3) is 1.00. The minimum atomic E-state index is 0.883. The van der Waals surface area contributed by atoms with Crippen molar-refractivity contribution in [2.45, 2.75) is 56.7 Å². The molecule has 0 saturated carbocycles. The van der Waals surface area contributed by atoms with E-state index in [1.54, 1.807) is 0 Å².